The molecule has 0 aliphatic heterocycles. The van der Waals surface area contributed by atoms with Crippen LogP contribution in [0.15, 0.2) is 24.3 Å². The average molecular weight is 250 g/mol. The molecule has 90 valence electrons. The van der Waals surface area contributed by atoms with Crippen molar-refractivity contribution in [3.63, 3.8) is 0 Å². The molecule has 0 atom stereocenters. The van der Waals surface area contributed by atoms with Crippen LogP contribution in [-0.4, -0.2) is 11.5 Å². The van der Waals surface area contributed by atoms with Crippen molar-refractivity contribution in [3.8, 4) is 0 Å². The fourth-order valence-corrected chi connectivity index (χ4v) is 2.87. The maximum Gasteiger partial charge on any atom is 0.123 e. The van der Waals surface area contributed by atoms with Crippen molar-refractivity contribution in [3.05, 3.63) is 51.2 Å². The summed E-state index contributed by atoms with van der Waals surface area (Å²) in [6, 6.07) is 6.66. The topological polar surface area (TPSA) is 38.9 Å². The fourth-order valence-electron chi connectivity index (χ4n) is 1.75. The minimum Gasteiger partial charge on any atom is -0.330 e. The molecule has 0 unspecified atom stereocenters. The Bertz CT molecular complexity index is 508. The maximum absolute atomic E-state index is 13.0. The highest BCUT2D eigenvalue weighted by Gasteiger charge is 2.07. The summed E-state index contributed by atoms with van der Waals surface area (Å²) in [5.41, 5.74) is 7.54. The first-order chi connectivity index (χ1) is 8.19. The van der Waals surface area contributed by atoms with Crippen LogP contribution in [0.1, 0.15) is 21.1 Å². The van der Waals surface area contributed by atoms with Gasteiger partial charge >= 0.3 is 0 Å². The lowest BCUT2D eigenvalue weighted by Crippen LogP contribution is -2.01. The van der Waals surface area contributed by atoms with Crippen molar-refractivity contribution in [2.75, 3.05) is 6.54 Å². The lowest BCUT2D eigenvalue weighted by Gasteiger charge is -1.97. The van der Waals surface area contributed by atoms with E-state index in [4.69, 9.17) is 5.73 Å². The third-order valence-corrected chi connectivity index (χ3v) is 3.77. The van der Waals surface area contributed by atoms with E-state index in [0.717, 1.165) is 22.7 Å². The van der Waals surface area contributed by atoms with Crippen LogP contribution in [-0.2, 0) is 12.8 Å². The van der Waals surface area contributed by atoms with Crippen LogP contribution < -0.4 is 5.73 Å². The van der Waals surface area contributed by atoms with Gasteiger partial charge in [0.25, 0.3) is 0 Å². The Labute approximate surface area is 104 Å². The number of thiazole rings is 1. The molecule has 0 amide bonds. The van der Waals surface area contributed by atoms with Crippen molar-refractivity contribution < 1.29 is 4.39 Å². The molecule has 1 aromatic carbocycles. The normalized spacial score (nSPS) is 10.8. The predicted octanol–water partition coefficient (Wildman–Crippen LogP) is 2.68. The van der Waals surface area contributed by atoms with Crippen molar-refractivity contribution in [2.24, 2.45) is 5.73 Å². The monoisotopic (exact) mass is 250 g/mol. The van der Waals surface area contributed by atoms with Crippen molar-refractivity contribution >= 4 is 11.3 Å². The van der Waals surface area contributed by atoms with Gasteiger partial charge in [0.1, 0.15) is 5.82 Å². The number of nitrogens with two attached hydrogens (primary N) is 1. The van der Waals surface area contributed by atoms with Gasteiger partial charge in [0.05, 0.1) is 10.7 Å². The molecular formula is C13H15FN2S. The highest BCUT2D eigenvalue weighted by molar-refractivity contribution is 7.11. The molecule has 0 fully saturated rings. The maximum atomic E-state index is 13.0. The van der Waals surface area contributed by atoms with Gasteiger partial charge in [-0.05, 0) is 37.6 Å². The summed E-state index contributed by atoms with van der Waals surface area (Å²) in [7, 11) is 0. The number of hydrogen-bond donors (Lipinski definition) is 1. The predicted molar refractivity (Wildman–Crippen MR) is 68.8 cm³/mol. The van der Waals surface area contributed by atoms with Crippen LogP contribution >= 0.6 is 11.3 Å². The van der Waals surface area contributed by atoms with Gasteiger partial charge in [0.15, 0.2) is 0 Å². The Hall–Kier alpha value is -1.26. The molecule has 0 aliphatic rings. The van der Waals surface area contributed by atoms with E-state index in [9.17, 15) is 4.39 Å². The van der Waals surface area contributed by atoms with Crippen LogP contribution in [0, 0.1) is 12.7 Å². The van der Waals surface area contributed by atoms with Gasteiger partial charge in [-0.2, -0.15) is 0 Å². The molecule has 0 saturated carbocycles. The summed E-state index contributed by atoms with van der Waals surface area (Å²) in [4.78, 5) is 5.73. The quantitative estimate of drug-likeness (QED) is 0.906. The molecule has 17 heavy (non-hydrogen) atoms. The minimum atomic E-state index is -0.196. The third-order valence-electron chi connectivity index (χ3n) is 2.55. The zero-order valence-electron chi connectivity index (χ0n) is 9.74. The number of rotatable bonds is 4. The number of nitrogens with zero attached hydrogens (tertiary/aromatic N) is 1. The molecule has 0 aliphatic carbocycles. The van der Waals surface area contributed by atoms with Gasteiger partial charge in [-0.3, -0.25) is 0 Å². The minimum absolute atomic E-state index is 0.196. The van der Waals surface area contributed by atoms with Gasteiger partial charge in [0.2, 0.25) is 0 Å². The van der Waals surface area contributed by atoms with Gasteiger partial charge in [-0.1, -0.05) is 12.1 Å². The third kappa shape index (κ3) is 3.11. The average Bonchev–Trinajstić information content (AvgIpc) is 2.60. The summed E-state index contributed by atoms with van der Waals surface area (Å²) in [6.45, 7) is 2.64. The number of benzene rings is 1. The summed E-state index contributed by atoms with van der Waals surface area (Å²) < 4.78 is 13.0. The molecule has 0 saturated heterocycles. The Morgan fingerprint density at radius 3 is 2.94 bits per heavy atom. The summed E-state index contributed by atoms with van der Waals surface area (Å²) >= 11 is 1.67. The number of aryl methyl sites for hydroxylation is 1. The zero-order chi connectivity index (χ0) is 12.3. The molecule has 0 radical (unpaired) electrons. The summed E-state index contributed by atoms with van der Waals surface area (Å²) in [6.07, 6.45) is 1.56. The van der Waals surface area contributed by atoms with Crippen LogP contribution in [0.2, 0.25) is 0 Å². The highest BCUT2D eigenvalue weighted by Crippen LogP contribution is 2.21. The van der Waals surface area contributed by atoms with Crippen LogP contribution in [0.5, 0.6) is 0 Å². The second-order valence-corrected chi connectivity index (χ2v) is 5.13. The molecule has 2 aromatic rings. The molecule has 1 aromatic heterocycles. The first-order valence-electron chi connectivity index (χ1n) is 5.58. The van der Waals surface area contributed by atoms with E-state index < -0.39 is 0 Å². The fraction of sp³-hybridized carbons (Fsp3) is 0.308. The molecular weight excluding hydrogens is 235 g/mol. The number of hydrogen-bond acceptors (Lipinski definition) is 3. The van der Waals surface area contributed by atoms with E-state index >= 15 is 0 Å². The number of halogens is 1. The van der Waals surface area contributed by atoms with Crippen LogP contribution in [0.25, 0.3) is 0 Å². The molecule has 2 nitrogen and oxygen atoms in total. The molecule has 2 rings (SSSR count). The van der Waals surface area contributed by atoms with Gasteiger partial charge in [-0.15, -0.1) is 11.3 Å². The van der Waals surface area contributed by atoms with Gasteiger partial charge < -0.3 is 5.73 Å². The first-order valence-corrected chi connectivity index (χ1v) is 6.40. The van der Waals surface area contributed by atoms with E-state index in [-0.39, 0.29) is 5.82 Å². The van der Waals surface area contributed by atoms with E-state index in [2.05, 4.69) is 4.98 Å². The molecule has 0 bridgehead atoms. The Kier molecular flexibility index (Phi) is 3.86. The van der Waals surface area contributed by atoms with E-state index in [1.807, 2.05) is 13.0 Å². The summed E-state index contributed by atoms with van der Waals surface area (Å²) in [5.74, 6) is -0.196. The van der Waals surface area contributed by atoms with Crippen LogP contribution in [0.4, 0.5) is 4.39 Å². The summed E-state index contributed by atoms with van der Waals surface area (Å²) in [5, 5.41) is 1.02. The molecule has 2 N–H and O–H groups in total. The largest absolute Gasteiger partial charge is 0.330 e. The second kappa shape index (κ2) is 5.38. The van der Waals surface area contributed by atoms with Gasteiger partial charge in [0, 0.05) is 11.3 Å². The van der Waals surface area contributed by atoms with Crippen molar-refractivity contribution in [2.45, 2.75) is 19.8 Å². The molecule has 1 heterocycles. The SMILES string of the molecule is Cc1nc(Cc2cccc(F)c2)sc1CCN. The number of aromatic nitrogens is 1. The first kappa shape index (κ1) is 12.2. The van der Waals surface area contributed by atoms with Crippen molar-refractivity contribution in [1.29, 1.82) is 0 Å². The standard InChI is InChI=1S/C13H15FN2S/c1-9-12(5-6-15)17-13(16-9)8-10-3-2-4-11(14)7-10/h2-4,7H,5-6,8,15H2,1H3. The molecule has 0 spiro atoms. The Balaban J connectivity index is 2.16. The van der Waals surface area contributed by atoms with E-state index in [0.29, 0.717) is 13.0 Å². The van der Waals surface area contributed by atoms with Crippen LogP contribution in [0.3, 0.4) is 0 Å². The zero-order valence-corrected chi connectivity index (χ0v) is 10.6. The second-order valence-electron chi connectivity index (χ2n) is 3.96. The lowest BCUT2D eigenvalue weighted by atomic mass is 10.1. The van der Waals surface area contributed by atoms with Gasteiger partial charge in [-0.25, -0.2) is 9.37 Å². The molecule has 4 heteroatoms. The Morgan fingerprint density at radius 2 is 2.24 bits per heavy atom. The highest BCUT2D eigenvalue weighted by atomic mass is 32.1. The smallest absolute Gasteiger partial charge is 0.123 e. The lowest BCUT2D eigenvalue weighted by molar-refractivity contribution is 0.626. The Morgan fingerprint density at radius 1 is 1.41 bits per heavy atom. The van der Waals surface area contributed by atoms with Crippen molar-refractivity contribution in [1.82, 2.24) is 4.98 Å². The van der Waals surface area contributed by atoms with E-state index in [1.54, 1.807) is 23.5 Å². The van der Waals surface area contributed by atoms with E-state index in [1.165, 1.54) is 10.9 Å².